The number of allylic oxidation sites excluding steroid dienone is 2. The summed E-state index contributed by atoms with van der Waals surface area (Å²) in [7, 11) is 3.52. The number of aliphatic imine (C=N–C) groups is 1. The van der Waals surface area contributed by atoms with Gasteiger partial charge in [-0.15, -0.1) is 0 Å². The van der Waals surface area contributed by atoms with Crippen molar-refractivity contribution in [3.05, 3.63) is 108 Å². The molecule has 0 fully saturated rings. The van der Waals surface area contributed by atoms with Crippen LogP contribution in [0.2, 0.25) is 0 Å². The zero-order valence-corrected chi connectivity index (χ0v) is 24.2. The molecular formula is C35H36N4O2. The molecule has 2 heterocycles. The minimum Gasteiger partial charge on any atom is -0.469 e. The average Bonchev–Trinajstić information content (AvgIpc) is 3.51. The van der Waals surface area contributed by atoms with Crippen LogP contribution in [-0.4, -0.2) is 39.4 Å². The number of amidine groups is 1. The van der Waals surface area contributed by atoms with Gasteiger partial charge in [-0.25, -0.2) is 4.98 Å². The van der Waals surface area contributed by atoms with Gasteiger partial charge in [-0.1, -0.05) is 80.6 Å². The first-order valence-electron chi connectivity index (χ1n) is 14.4. The molecule has 4 aromatic rings. The lowest BCUT2D eigenvalue weighted by Gasteiger charge is -2.28. The number of hydrogen-bond acceptors (Lipinski definition) is 5. The molecule has 6 nitrogen and oxygen atoms in total. The molecule has 0 saturated heterocycles. The van der Waals surface area contributed by atoms with E-state index in [1.165, 1.54) is 18.4 Å². The molecule has 1 aliphatic heterocycles. The number of fused-ring (bicyclic) bond motifs is 2. The Balaban J connectivity index is 1.30. The van der Waals surface area contributed by atoms with Gasteiger partial charge in [-0.3, -0.25) is 9.79 Å². The van der Waals surface area contributed by atoms with Gasteiger partial charge in [0.1, 0.15) is 11.7 Å². The number of benzene rings is 3. The van der Waals surface area contributed by atoms with Crippen molar-refractivity contribution >= 4 is 28.4 Å². The molecule has 6 heteroatoms. The second-order valence-corrected chi connectivity index (χ2v) is 11.0. The fraction of sp³-hybridized carbons (Fsp3) is 0.286. The molecular weight excluding hydrogens is 508 g/mol. The number of imidazole rings is 1. The van der Waals surface area contributed by atoms with Gasteiger partial charge in [0, 0.05) is 37.2 Å². The van der Waals surface area contributed by atoms with Crippen LogP contribution in [0.25, 0.3) is 27.7 Å². The van der Waals surface area contributed by atoms with Gasteiger partial charge in [-0.2, -0.15) is 0 Å². The monoisotopic (exact) mass is 544 g/mol. The Labute approximate surface area is 241 Å². The Morgan fingerprint density at radius 1 is 1.00 bits per heavy atom. The summed E-state index contributed by atoms with van der Waals surface area (Å²) in [6.07, 6.45) is 6.88. The quantitative estimate of drug-likeness (QED) is 0.225. The minimum absolute atomic E-state index is 0.124. The van der Waals surface area contributed by atoms with Gasteiger partial charge in [-0.05, 0) is 46.9 Å². The third kappa shape index (κ3) is 5.10. The van der Waals surface area contributed by atoms with E-state index in [4.69, 9.17) is 14.7 Å². The van der Waals surface area contributed by atoms with Crippen molar-refractivity contribution in [2.45, 2.75) is 45.7 Å². The van der Waals surface area contributed by atoms with E-state index in [-0.39, 0.29) is 24.3 Å². The first-order chi connectivity index (χ1) is 20.0. The van der Waals surface area contributed by atoms with Crippen LogP contribution in [-0.2, 0) is 29.5 Å². The van der Waals surface area contributed by atoms with Crippen LogP contribution < -0.4 is 0 Å². The SMILES string of the molecule is CCCC1=NC2C(=CC(c3nc4ccccc4n3C)=CC2C)N1Cc1ccc(-c2ccccc2CC(=O)OC)cc1. The molecule has 0 bridgehead atoms. The Hall–Kier alpha value is -4.45. The van der Waals surface area contributed by atoms with E-state index in [2.05, 4.69) is 91.0 Å². The molecule has 208 valence electrons. The van der Waals surface area contributed by atoms with Crippen LogP contribution in [0.15, 0.2) is 95.6 Å². The van der Waals surface area contributed by atoms with Crippen molar-refractivity contribution in [1.82, 2.24) is 14.5 Å². The van der Waals surface area contributed by atoms with Gasteiger partial charge >= 0.3 is 5.97 Å². The van der Waals surface area contributed by atoms with E-state index in [9.17, 15) is 4.79 Å². The van der Waals surface area contributed by atoms with Crippen LogP contribution in [0, 0.1) is 5.92 Å². The van der Waals surface area contributed by atoms with Crippen LogP contribution in [0.3, 0.4) is 0 Å². The number of carbonyl (C=O) groups is 1. The Kier molecular flexibility index (Phi) is 7.31. The number of hydrogen-bond donors (Lipinski definition) is 0. The first kappa shape index (κ1) is 26.8. The van der Waals surface area contributed by atoms with E-state index in [1.807, 2.05) is 24.3 Å². The third-order valence-corrected chi connectivity index (χ3v) is 8.16. The normalized spacial score (nSPS) is 18.1. The smallest absolute Gasteiger partial charge is 0.309 e. The van der Waals surface area contributed by atoms with E-state index in [0.717, 1.165) is 64.3 Å². The van der Waals surface area contributed by atoms with Crippen molar-refractivity contribution in [3.8, 4) is 11.1 Å². The summed E-state index contributed by atoms with van der Waals surface area (Å²) in [5.41, 5.74) is 8.88. The third-order valence-electron chi connectivity index (χ3n) is 8.16. The largest absolute Gasteiger partial charge is 0.469 e. The summed E-state index contributed by atoms with van der Waals surface area (Å²) in [5, 5.41) is 0. The molecule has 0 N–H and O–H groups in total. The highest BCUT2D eigenvalue weighted by Gasteiger charge is 2.36. The highest BCUT2D eigenvalue weighted by Crippen LogP contribution is 2.38. The summed E-state index contributed by atoms with van der Waals surface area (Å²) in [4.78, 5) is 24.6. The van der Waals surface area contributed by atoms with Crippen molar-refractivity contribution in [2.24, 2.45) is 18.0 Å². The van der Waals surface area contributed by atoms with E-state index < -0.39 is 0 Å². The van der Waals surface area contributed by atoms with E-state index in [0.29, 0.717) is 0 Å². The van der Waals surface area contributed by atoms with E-state index in [1.54, 1.807) is 0 Å². The van der Waals surface area contributed by atoms with Crippen molar-refractivity contribution in [1.29, 1.82) is 0 Å². The highest BCUT2D eigenvalue weighted by atomic mass is 16.5. The number of aryl methyl sites for hydroxylation is 1. The number of aromatic nitrogens is 2. The fourth-order valence-electron chi connectivity index (χ4n) is 6.04. The molecule has 0 amide bonds. The zero-order chi connectivity index (χ0) is 28.5. The number of nitrogens with zero attached hydrogens (tertiary/aromatic N) is 4. The highest BCUT2D eigenvalue weighted by molar-refractivity contribution is 5.90. The number of ether oxygens (including phenoxy) is 1. The summed E-state index contributed by atoms with van der Waals surface area (Å²) >= 11 is 0. The Bertz CT molecular complexity index is 1690. The molecule has 2 atom stereocenters. The lowest BCUT2D eigenvalue weighted by atomic mass is 9.90. The number of carbonyl (C=O) groups excluding carboxylic acids is 1. The molecule has 0 radical (unpaired) electrons. The number of rotatable bonds is 8. The van der Waals surface area contributed by atoms with Crippen molar-refractivity contribution < 1.29 is 9.53 Å². The Morgan fingerprint density at radius 3 is 2.51 bits per heavy atom. The maximum atomic E-state index is 12.0. The summed E-state index contributed by atoms with van der Waals surface area (Å²) in [5.74, 6) is 2.18. The summed E-state index contributed by atoms with van der Waals surface area (Å²) in [6.45, 7) is 5.23. The van der Waals surface area contributed by atoms with Crippen LogP contribution in [0.5, 0.6) is 0 Å². The minimum atomic E-state index is -0.234. The van der Waals surface area contributed by atoms with Gasteiger partial charge in [0.15, 0.2) is 0 Å². The average molecular weight is 545 g/mol. The Morgan fingerprint density at radius 2 is 1.76 bits per heavy atom. The molecule has 2 aliphatic rings. The van der Waals surface area contributed by atoms with Crippen LogP contribution in [0.1, 0.15) is 43.6 Å². The van der Waals surface area contributed by atoms with Crippen LogP contribution in [0.4, 0.5) is 0 Å². The number of methoxy groups -OCH3 is 1. The first-order valence-corrected chi connectivity index (χ1v) is 14.4. The zero-order valence-electron chi connectivity index (χ0n) is 24.2. The van der Waals surface area contributed by atoms with Gasteiger partial charge in [0.2, 0.25) is 0 Å². The molecule has 1 aromatic heterocycles. The lowest BCUT2D eigenvalue weighted by Crippen LogP contribution is -2.30. The molecule has 6 rings (SSSR count). The topological polar surface area (TPSA) is 59.7 Å². The lowest BCUT2D eigenvalue weighted by molar-refractivity contribution is -0.139. The predicted molar refractivity (Wildman–Crippen MR) is 165 cm³/mol. The molecule has 1 aliphatic carbocycles. The predicted octanol–water partition coefficient (Wildman–Crippen LogP) is 6.96. The number of para-hydroxylation sites is 2. The maximum Gasteiger partial charge on any atom is 0.309 e. The molecule has 2 unspecified atom stereocenters. The molecule has 0 spiro atoms. The standard InChI is InChI=1S/C35H36N4O2/c1-5-10-32-37-34-23(2)19-27(35-36-29-13-8-9-14-30(29)38(35)3)20-31(34)39(32)22-24-15-17-25(18-16-24)28-12-7-6-11-26(28)21-33(40)41-4/h6-9,11-20,23,34H,5,10,21-22H2,1-4H3. The summed E-state index contributed by atoms with van der Waals surface area (Å²) in [6, 6.07) is 25.1. The molecule has 3 aromatic carbocycles. The van der Waals surface area contributed by atoms with Crippen LogP contribution >= 0.6 is 0 Å². The van der Waals surface area contributed by atoms with Gasteiger partial charge < -0.3 is 14.2 Å². The molecule has 41 heavy (non-hydrogen) atoms. The summed E-state index contributed by atoms with van der Waals surface area (Å²) < 4.78 is 7.10. The second-order valence-electron chi connectivity index (χ2n) is 11.0. The maximum absolute atomic E-state index is 12.0. The fourth-order valence-corrected chi connectivity index (χ4v) is 6.04. The second kappa shape index (κ2) is 11.2. The van der Waals surface area contributed by atoms with E-state index >= 15 is 0 Å². The van der Waals surface area contributed by atoms with Gasteiger partial charge in [0.25, 0.3) is 0 Å². The van der Waals surface area contributed by atoms with Gasteiger partial charge in [0.05, 0.1) is 30.6 Å². The molecule has 0 saturated carbocycles. The number of esters is 1. The van der Waals surface area contributed by atoms with Crippen molar-refractivity contribution in [2.75, 3.05) is 7.11 Å². The van der Waals surface area contributed by atoms with Crippen molar-refractivity contribution in [3.63, 3.8) is 0 Å².